The molecule has 0 amide bonds. The summed E-state index contributed by atoms with van der Waals surface area (Å²) >= 11 is 0. The van der Waals surface area contributed by atoms with Gasteiger partial charge in [-0.05, 0) is 18.1 Å². The van der Waals surface area contributed by atoms with Crippen molar-refractivity contribution in [2.75, 3.05) is 26.0 Å². The van der Waals surface area contributed by atoms with E-state index in [2.05, 4.69) is 0 Å². The molecule has 30 heavy (non-hydrogen) atoms. The summed E-state index contributed by atoms with van der Waals surface area (Å²) in [4.78, 5) is 36.3. The van der Waals surface area contributed by atoms with Crippen molar-refractivity contribution in [1.82, 2.24) is 4.90 Å². The molecule has 0 spiro atoms. The lowest BCUT2D eigenvalue weighted by Crippen LogP contribution is -2.43. The van der Waals surface area contributed by atoms with Gasteiger partial charge in [-0.15, -0.1) is 0 Å². The van der Waals surface area contributed by atoms with Crippen molar-refractivity contribution in [2.45, 2.75) is 23.8 Å². The summed E-state index contributed by atoms with van der Waals surface area (Å²) in [6, 6.07) is 3.87. The van der Waals surface area contributed by atoms with Gasteiger partial charge in [-0.1, -0.05) is 39.8 Å². The predicted molar refractivity (Wildman–Crippen MR) is 113 cm³/mol. The third kappa shape index (κ3) is 6.46. The molecule has 1 aliphatic rings. The first-order valence-corrected chi connectivity index (χ1v) is 11.4. The van der Waals surface area contributed by atoms with E-state index in [1.54, 1.807) is 11.0 Å². The Morgan fingerprint density at radius 2 is 2.07 bits per heavy atom. The second-order valence-electron chi connectivity index (χ2n) is 6.58. The fraction of sp³-hybridized carbons (Fsp3) is 0.421. The van der Waals surface area contributed by atoms with E-state index in [0.717, 1.165) is 6.08 Å². The number of rotatable bonds is 9. The van der Waals surface area contributed by atoms with Crippen molar-refractivity contribution in [3.63, 3.8) is 0 Å². The van der Waals surface area contributed by atoms with Crippen LogP contribution < -0.4 is 5.73 Å². The molecular formula is C19H23FN2O6S2. The van der Waals surface area contributed by atoms with Gasteiger partial charge in [0.15, 0.2) is 0 Å². The van der Waals surface area contributed by atoms with Crippen LogP contribution in [0.1, 0.15) is 18.0 Å². The Hall–Kier alpha value is -2.08. The van der Waals surface area contributed by atoms with Crippen molar-refractivity contribution in [3.8, 4) is 0 Å². The molecule has 0 saturated carbocycles. The molecule has 8 nitrogen and oxygen atoms in total. The molecular weight excluding hydrogens is 435 g/mol. The molecule has 1 saturated heterocycles. The average Bonchev–Trinajstić information content (AvgIpc) is 2.70. The van der Waals surface area contributed by atoms with Gasteiger partial charge >= 0.3 is 17.9 Å². The van der Waals surface area contributed by atoms with E-state index < -0.39 is 35.8 Å². The van der Waals surface area contributed by atoms with Crippen LogP contribution in [0.25, 0.3) is 0 Å². The number of esters is 1. The molecule has 4 N–H and O–H groups in total. The smallest absolute Gasteiger partial charge is 0.328 e. The summed E-state index contributed by atoms with van der Waals surface area (Å²) in [7, 11) is 3.82. The Morgan fingerprint density at radius 1 is 1.37 bits per heavy atom. The van der Waals surface area contributed by atoms with Crippen LogP contribution in [0.15, 0.2) is 35.9 Å². The number of nitrogens with two attached hydrogens (primary N) is 1. The van der Waals surface area contributed by atoms with Crippen LogP contribution in [0.5, 0.6) is 0 Å². The van der Waals surface area contributed by atoms with Crippen molar-refractivity contribution in [2.24, 2.45) is 5.73 Å². The highest BCUT2D eigenvalue weighted by molar-refractivity contribution is 8.77. The zero-order chi connectivity index (χ0) is 22.3. The van der Waals surface area contributed by atoms with Crippen LogP contribution in [0.3, 0.4) is 0 Å². The van der Waals surface area contributed by atoms with E-state index in [9.17, 15) is 23.9 Å². The second-order valence-corrected chi connectivity index (χ2v) is 9.19. The largest absolute Gasteiger partial charge is 0.480 e. The summed E-state index contributed by atoms with van der Waals surface area (Å²) in [5.41, 5.74) is 6.20. The van der Waals surface area contributed by atoms with Crippen LogP contribution in [-0.4, -0.2) is 70.3 Å². The van der Waals surface area contributed by atoms with E-state index in [1.165, 1.54) is 46.9 Å². The molecule has 3 atom stereocenters. The average molecular weight is 459 g/mol. The van der Waals surface area contributed by atoms with E-state index in [0.29, 0.717) is 18.5 Å². The van der Waals surface area contributed by atoms with Crippen LogP contribution in [0.4, 0.5) is 4.39 Å². The maximum absolute atomic E-state index is 14.4. The van der Waals surface area contributed by atoms with Gasteiger partial charge in [-0.3, -0.25) is 9.69 Å². The van der Waals surface area contributed by atoms with Gasteiger partial charge in [-0.25, -0.2) is 14.0 Å². The molecule has 11 heteroatoms. The molecule has 0 bridgehead atoms. The standard InChI is InChI=1S/C19H23FN2O6S2/c1-28-19(27)17(12-4-2-3-5-13(12)20)22-7-6-15(11(9-22)8-16(23)24)30-29-10-14(21)18(25)26/h2-5,8,14-15,17H,6-7,9-10,21H2,1H3,(H,23,24)(H,25,26)/b11-8-/t14-,15?,17?/m0/s1. The minimum absolute atomic E-state index is 0.129. The first kappa shape index (κ1) is 24.2. The van der Waals surface area contributed by atoms with E-state index in [4.69, 9.17) is 15.6 Å². The number of ether oxygens (including phenoxy) is 1. The van der Waals surface area contributed by atoms with Crippen LogP contribution in [-0.2, 0) is 19.1 Å². The Morgan fingerprint density at radius 3 is 2.67 bits per heavy atom. The number of carbonyl (C=O) groups excluding carboxylic acids is 1. The third-order valence-corrected chi connectivity index (χ3v) is 7.44. The molecule has 2 unspecified atom stereocenters. The van der Waals surface area contributed by atoms with E-state index >= 15 is 0 Å². The normalized spacial score (nSPS) is 20.5. The number of hydrogen-bond acceptors (Lipinski definition) is 8. The first-order valence-electron chi connectivity index (χ1n) is 9.01. The Kier molecular flexibility index (Phi) is 9.15. The zero-order valence-electron chi connectivity index (χ0n) is 16.2. The van der Waals surface area contributed by atoms with Gasteiger partial charge in [0.2, 0.25) is 0 Å². The SMILES string of the molecule is COC(=O)C(c1ccccc1F)N1CCC(SSC[C@H](N)C(=O)O)/C(=C\C(=O)O)C1. The number of methoxy groups -OCH3 is 1. The Balaban J connectivity index is 2.20. The number of benzene rings is 1. The van der Waals surface area contributed by atoms with Gasteiger partial charge in [0.1, 0.15) is 17.9 Å². The molecule has 2 rings (SSSR count). The van der Waals surface area contributed by atoms with Crippen LogP contribution in [0.2, 0.25) is 0 Å². The molecule has 1 aliphatic heterocycles. The fourth-order valence-electron chi connectivity index (χ4n) is 3.06. The minimum atomic E-state index is -1.13. The van der Waals surface area contributed by atoms with Crippen molar-refractivity contribution in [1.29, 1.82) is 0 Å². The zero-order valence-corrected chi connectivity index (χ0v) is 17.8. The maximum atomic E-state index is 14.4. The van der Waals surface area contributed by atoms with Crippen molar-refractivity contribution in [3.05, 3.63) is 47.3 Å². The number of piperidine rings is 1. The van der Waals surface area contributed by atoms with Gasteiger partial charge < -0.3 is 20.7 Å². The lowest BCUT2D eigenvalue weighted by Gasteiger charge is -2.37. The molecule has 1 aromatic rings. The highest BCUT2D eigenvalue weighted by Gasteiger charge is 2.36. The summed E-state index contributed by atoms with van der Waals surface area (Å²) in [5.74, 6) is -3.26. The second kappa shape index (κ2) is 11.3. The van der Waals surface area contributed by atoms with Crippen molar-refractivity contribution < 1.29 is 33.7 Å². The van der Waals surface area contributed by atoms with E-state index in [1.807, 2.05) is 0 Å². The van der Waals surface area contributed by atoms with E-state index in [-0.39, 0.29) is 23.1 Å². The molecule has 0 aliphatic carbocycles. The van der Waals surface area contributed by atoms with Crippen molar-refractivity contribution >= 4 is 39.5 Å². The number of likely N-dealkylation sites (tertiary alicyclic amines) is 1. The molecule has 0 aromatic heterocycles. The molecule has 1 aromatic carbocycles. The maximum Gasteiger partial charge on any atom is 0.328 e. The monoisotopic (exact) mass is 458 g/mol. The molecule has 0 radical (unpaired) electrons. The number of hydrogen-bond donors (Lipinski definition) is 3. The number of carboxylic acids is 2. The lowest BCUT2D eigenvalue weighted by molar-refractivity contribution is -0.147. The summed E-state index contributed by atoms with van der Waals surface area (Å²) in [5, 5.41) is 17.9. The number of nitrogens with zero attached hydrogens (tertiary/aromatic N) is 1. The molecule has 1 fully saturated rings. The first-order chi connectivity index (χ1) is 14.2. The molecule has 1 heterocycles. The minimum Gasteiger partial charge on any atom is -0.480 e. The number of carboxylic acid groups (broad SMARTS) is 2. The number of carbonyl (C=O) groups is 3. The topological polar surface area (TPSA) is 130 Å². The summed E-state index contributed by atoms with van der Waals surface area (Å²) in [6.45, 7) is 0.526. The Bertz CT molecular complexity index is 822. The van der Waals surface area contributed by atoms with Gasteiger partial charge in [0.25, 0.3) is 0 Å². The fourth-order valence-corrected chi connectivity index (χ4v) is 5.89. The highest BCUT2D eigenvalue weighted by atomic mass is 33.1. The van der Waals surface area contributed by atoms with Gasteiger partial charge in [-0.2, -0.15) is 0 Å². The predicted octanol–water partition coefficient (Wildman–Crippen LogP) is 1.92. The Labute approximate surface area is 181 Å². The lowest BCUT2D eigenvalue weighted by atomic mass is 9.98. The third-order valence-electron chi connectivity index (χ3n) is 4.52. The quantitative estimate of drug-likeness (QED) is 0.287. The number of halogens is 1. The number of aliphatic carboxylic acids is 2. The molecule has 164 valence electrons. The van der Waals surface area contributed by atoms with Crippen LogP contribution >= 0.6 is 21.6 Å². The van der Waals surface area contributed by atoms with Crippen LogP contribution in [0, 0.1) is 5.82 Å². The summed E-state index contributed by atoms with van der Waals surface area (Å²) in [6.07, 6.45) is 1.57. The van der Waals surface area contributed by atoms with Gasteiger partial charge in [0.05, 0.1) is 7.11 Å². The van der Waals surface area contributed by atoms with Gasteiger partial charge in [0, 0.05) is 35.7 Å². The highest BCUT2D eigenvalue weighted by Crippen LogP contribution is 2.38. The summed E-state index contributed by atoms with van der Waals surface area (Å²) < 4.78 is 19.2.